The SMILES string of the molecule is Cc1c(-n2nccn2)sc2c1c(=O)n(C(C)(C)C(=O)CC(C)C)c(=O)n2C[C@H](OCC(C)(C)O)c1cc(F)ccc1O.N#CCBr.[C-]#[N+]COc1ccc(F)cc1[C@H](Cn1c(=O)n(C(C)(C)C(=O)CC(C)C)c(=O)c2c(C)c(-n3nccn3)sc21)OCC(C)(C)O. The van der Waals surface area contributed by atoms with E-state index in [4.69, 9.17) is 26.0 Å². The van der Waals surface area contributed by atoms with E-state index in [2.05, 4.69) is 41.2 Å². The van der Waals surface area contributed by atoms with Crippen LogP contribution in [0.3, 0.4) is 0 Å². The molecule has 488 valence electrons. The third kappa shape index (κ3) is 16.8. The number of alkyl halides is 1. The number of aliphatic hydroxyl groups is 2. The minimum Gasteiger partial charge on any atom is -0.508 e. The van der Waals surface area contributed by atoms with Crippen LogP contribution in [0.25, 0.3) is 35.3 Å². The van der Waals surface area contributed by atoms with Gasteiger partial charge < -0.3 is 29.5 Å². The highest BCUT2D eigenvalue weighted by atomic mass is 79.9. The zero-order valence-electron chi connectivity index (χ0n) is 53.1. The molecule has 0 fully saturated rings. The summed E-state index contributed by atoms with van der Waals surface area (Å²) in [6, 6.07) is 8.92. The van der Waals surface area contributed by atoms with Crippen LogP contribution in [0.15, 0.2) is 80.4 Å². The largest absolute Gasteiger partial charge is 0.508 e. The first-order valence-corrected chi connectivity index (χ1v) is 31.5. The summed E-state index contributed by atoms with van der Waals surface area (Å²) in [4.78, 5) is 90.2. The van der Waals surface area contributed by atoms with Crippen LogP contribution in [0.5, 0.6) is 11.5 Å². The van der Waals surface area contributed by atoms with Crippen LogP contribution in [0.2, 0.25) is 0 Å². The number of nitrogens with zero attached hydrogens (tertiary/aromatic N) is 12. The number of rotatable bonds is 24. The van der Waals surface area contributed by atoms with Gasteiger partial charge in [0.25, 0.3) is 11.1 Å². The summed E-state index contributed by atoms with van der Waals surface area (Å²) in [5.41, 5.74) is -7.17. The van der Waals surface area contributed by atoms with E-state index >= 15 is 0 Å². The molecule has 0 radical (unpaired) electrons. The molecule has 8 rings (SSSR count). The molecule has 0 aliphatic heterocycles. The Morgan fingerprint density at radius 3 is 1.42 bits per heavy atom. The number of aryl methyl sites for hydroxylation is 2. The van der Waals surface area contributed by atoms with Gasteiger partial charge in [0, 0.05) is 35.1 Å². The smallest absolute Gasteiger partial charge is 0.357 e. The van der Waals surface area contributed by atoms with Crippen molar-refractivity contribution in [2.45, 2.75) is 157 Å². The highest BCUT2D eigenvalue weighted by molar-refractivity contribution is 9.09. The molecule has 0 aliphatic rings. The molecule has 0 aliphatic carbocycles. The molecule has 2 aromatic carbocycles. The average molecular weight is 1360 g/mol. The van der Waals surface area contributed by atoms with Gasteiger partial charge in [-0.1, -0.05) is 66.3 Å². The van der Waals surface area contributed by atoms with Gasteiger partial charge in [-0.25, -0.2) is 34.1 Å². The van der Waals surface area contributed by atoms with Crippen molar-refractivity contribution in [2.24, 2.45) is 11.8 Å². The normalized spacial score (nSPS) is 12.7. The number of carbonyl (C=O) groups is 2. The number of hydrogen-bond donors (Lipinski definition) is 3. The van der Waals surface area contributed by atoms with Gasteiger partial charge in [-0.3, -0.25) is 33.2 Å². The standard InChI is InChI=1S/C31H37FN6O6S.C29H36FN5O6S.C2H2BrN/c1-18(2)13-24(39)31(6,7)37-26(40)25-19(3)27(38-34-11-12-35-38)45-28(25)36(29(37)41)15-23(43-16-30(4,5)42)21-14-20(32)9-10-22(21)44-17-33-8;1-16(2)12-22(37)29(6,7)34-24(38)23-17(3)25(35-31-10-11-32-35)42-26(23)33(27(34)39)14-21(41-15-28(4,5)40)19-13-18(30)8-9-20(19)36;3-1-2-4/h9-12,14,18,23,42H,13,15-17H2,1-7H3;8-11,13,16,21,36,40H,12,14-15H2,1-7H3;1H2/t23-;21-;/m00./s1. The molecule has 6 heterocycles. The first-order valence-electron chi connectivity index (χ1n) is 28.7. The molecular weight excluding hydrogens is 1290 g/mol. The summed E-state index contributed by atoms with van der Waals surface area (Å²) in [5, 5.41) is 57.7. The van der Waals surface area contributed by atoms with Gasteiger partial charge in [0.1, 0.15) is 66.1 Å². The number of fused-ring (bicyclic) bond motifs is 2. The Labute approximate surface area is 539 Å². The van der Waals surface area contributed by atoms with Crippen LogP contribution in [0.1, 0.15) is 130 Å². The van der Waals surface area contributed by atoms with Gasteiger partial charge in [-0.2, -0.15) is 25.7 Å². The number of thiophene rings is 2. The van der Waals surface area contributed by atoms with Crippen molar-refractivity contribution in [3.8, 4) is 27.6 Å². The molecule has 24 nitrogen and oxygen atoms in total. The lowest BCUT2D eigenvalue weighted by molar-refractivity contribution is -0.127. The van der Waals surface area contributed by atoms with Crippen molar-refractivity contribution in [3.63, 3.8) is 0 Å². The number of aromatic hydroxyl groups is 1. The minimum atomic E-state index is -1.51. The fourth-order valence-corrected chi connectivity index (χ4v) is 12.1. The number of aromatic nitrogens is 10. The molecule has 2 atom stereocenters. The first-order chi connectivity index (χ1) is 42.5. The second-order valence-electron chi connectivity index (χ2n) is 24.6. The summed E-state index contributed by atoms with van der Waals surface area (Å²) < 4.78 is 51.3. The van der Waals surface area contributed by atoms with E-state index in [-0.39, 0.29) is 112 Å². The average Bonchev–Trinajstić information content (AvgIpc) is 1.67. The molecule has 0 unspecified atom stereocenters. The number of ether oxygens (including phenoxy) is 3. The second-order valence-corrected chi connectivity index (χ2v) is 27.1. The Balaban J connectivity index is 0.000000274. The molecule has 0 bridgehead atoms. The number of halogens is 3. The number of phenolic OH excluding ortho intramolecular Hbond substituents is 1. The zero-order chi connectivity index (χ0) is 67.8. The molecule has 3 N–H and O–H groups in total. The van der Waals surface area contributed by atoms with Crippen molar-refractivity contribution in [1.29, 1.82) is 5.26 Å². The Kier molecular flexibility index (Phi) is 23.5. The van der Waals surface area contributed by atoms with Crippen LogP contribution in [-0.4, -0.2) is 112 Å². The fourth-order valence-electron chi connectivity index (χ4n) is 9.70. The third-order valence-electron chi connectivity index (χ3n) is 14.2. The molecule has 0 saturated carbocycles. The van der Waals surface area contributed by atoms with Gasteiger partial charge in [0.15, 0.2) is 11.6 Å². The maximum absolute atomic E-state index is 14.7. The lowest BCUT2D eigenvalue weighted by atomic mass is 9.91. The summed E-state index contributed by atoms with van der Waals surface area (Å²) in [7, 11) is 0. The second kappa shape index (κ2) is 29.6. The molecule has 91 heavy (non-hydrogen) atoms. The van der Waals surface area contributed by atoms with Gasteiger partial charge >= 0.3 is 18.1 Å². The van der Waals surface area contributed by atoms with E-state index in [1.807, 2.05) is 33.8 Å². The number of benzene rings is 2. The van der Waals surface area contributed by atoms with Gasteiger partial charge in [0.05, 0.1) is 84.5 Å². The number of ketones is 2. The van der Waals surface area contributed by atoms with E-state index in [0.29, 0.717) is 26.5 Å². The summed E-state index contributed by atoms with van der Waals surface area (Å²) in [5.74, 6) is -1.97. The number of carbonyl (C=O) groups excluding carboxylic acids is 2. The van der Waals surface area contributed by atoms with Crippen LogP contribution >= 0.6 is 38.6 Å². The Morgan fingerprint density at radius 1 is 0.681 bits per heavy atom. The molecule has 0 saturated heterocycles. The van der Waals surface area contributed by atoms with Crippen molar-refractivity contribution in [2.75, 3.05) is 25.3 Å². The van der Waals surface area contributed by atoms with Gasteiger partial charge in [-0.15, -0.1) is 9.59 Å². The lowest BCUT2D eigenvalue weighted by Gasteiger charge is -2.29. The van der Waals surface area contributed by atoms with E-state index in [9.17, 15) is 52.9 Å². The maximum atomic E-state index is 14.7. The van der Waals surface area contributed by atoms with Crippen molar-refractivity contribution in [1.82, 2.24) is 48.3 Å². The van der Waals surface area contributed by atoms with E-state index in [1.54, 1.807) is 27.7 Å². The molecule has 6 aromatic heterocycles. The highest BCUT2D eigenvalue weighted by Crippen LogP contribution is 2.37. The molecule has 0 spiro atoms. The number of hydrogen-bond acceptors (Lipinski definition) is 19. The van der Waals surface area contributed by atoms with Crippen LogP contribution < -0.4 is 27.2 Å². The maximum Gasteiger partial charge on any atom is 0.357 e. The topological polar surface area (TPSA) is 300 Å². The number of nitriles is 1. The molecule has 8 aromatic rings. The van der Waals surface area contributed by atoms with Crippen molar-refractivity contribution < 1.29 is 47.9 Å². The van der Waals surface area contributed by atoms with Crippen LogP contribution in [0.4, 0.5) is 8.78 Å². The Hall–Kier alpha value is -7.90. The van der Waals surface area contributed by atoms with Gasteiger partial charge in [-0.05, 0) is 117 Å². The van der Waals surface area contributed by atoms with Crippen molar-refractivity contribution >= 4 is 70.6 Å². The van der Waals surface area contributed by atoms with Crippen molar-refractivity contribution in [3.05, 3.63) is 148 Å². The zero-order valence-corrected chi connectivity index (χ0v) is 56.3. The van der Waals surface area contributed by atoms with E-state index in [0.717, 1.165) is 43.9 Å². The summed E-state index contributed by atoms with van der Waals surface area (Å²) in [6.07, 6.45) is 4.01. The van der Waals surface area contributed by atoms with Crippen LogP contribution in [0, 0.1) is 55.2 Å². The fraction of sp³-hybridized carbons (Fsp3) is 0.484. The number of Topliss-reactive ketones (excluding diaryl/α,β-unsaturated/α-hetero) is 2. The Morgan fingerprint density at radius 2 is 1.05 bits per heavy atom. The lowest BCUT2D eigenvalue weighted by Crippen LogP contribution is -2.53. The predicted molar refractivity (Wildman–Crippen MR) is 344 cm³/mol. The summed E-state index contributed by atoms with van der Waals surface area (Å²) >= 11 is 5.10. The van der Waals surface area contributed by atoms with E-state index in [1.165, 1.54) is 109 Å². The quantitative estimate of drug-likeness (QED) is 0.0375. The third-order valence-corrected chi connectivity index (χ3v) is 17.0. The molecule has 29 heteroatoms. The molecule has 0 amide bonds. The minimum absolute atomic E-state index is 0.00521. The predicted octanol–water partition coefficient (Wildman–Crippen LogP) is 9.13. The van der Waals surface area contributed by atoms with Gasteiger partial charge in [0.2, 0.25) is 0 Å². The number of phenols is 1. The molecular formula is C62H75BrF2N12O12S2. The Bertz CT molecular complexity index is 4250. The monoisotopic (exact) mass is 1360 g/mol. The van der Waals surface area contributed by atoms with E-state index < -0.39 is 68.6 Å². The summed E-state index contributed by atoms with van der Waals surface area (Å²) in [6.45, 7) is 29.0. The first kappa shape index (κ1) is 72.2. The highest BCUT2D eigenvalue weighted by Gasteiger charge is 2.39. The van der Waals surface area contributed by atoms with Crippen LogP contribution in [-0.2, 0) is 43.2 Å².